The van der Waals surface area contributed by atoms with Gasteiger partial charge in [-0.2, -0.15) is 0 Å². The Bertz CT molecular complexity index is 257. The van der Waals surface area contributed by atoms with Crippen molar-refractivity contribution in [2.24, 2.45) is 0 Å². The third-order valence-corrected chi connectivity index (χ3v) is 4.48. The molecule has 0 N–H and O–H groups in total. The second kappa shape index (κ2) is 6.33. The third kappa shape index (κ3) is 3.61. The number of thiophene rings is 1. The molecule has 1 unspecified atom stereocenters. The lowest BCUT2D eigenvalue weighted by atomic mass is 10.3. The van der Waals surface area contributed by atoms with Crippen LogP contribution in [0.15, 0.2) is 10.3 Å². The SMILES string of the molecule is CC.CCS(=O)c1cc(C)c(C)s1. The van der Waals surface area contributed by atoms with E-state index in [0.717, 1.165) is 9.96 Å². The molecule has 0 aliphatic carbocycles. The molecule has 0 saturated carbocycles. The minimum Gasteiger partial charge on any atom is -0.254 e. The van der Waals surface area contributed by atoms with E-state index in [1.807, 2.05) is 26.8 Å². The second-order valence-electron chi connectivity index (χ2n) is 2.44. The Morgan fingerprint density at radius 3 is 2.23 bits per heavy atom. The average Bonchev–Trinajstić information content (AvgIpc) is 2.49. The third-order valence-electron chi connectivity index (χ3n) is 1.63. The Morgan fingerprint density at radius 1 is 1.38 bits per heavy atom. The Balaban J connectivity index is 0.000000671. The standard InChI is InChI=1S/C8H12OS2.C2H6/c1-4-11(9)8-5-6(2)7(3)10-8;1-2/h5H,4H2,1-3H3;1-2H3. The van der Waals surface area contributed by atoms with Crippen molar-refractivity contribution in [1.82, 2.24) is 0 Å². The summed E-state index contributed by atoms with van der Waals surface area (Å²) in [6, 6.07) is 2.03. The number of rotatable bonds is 2. The minimum atomic E-state index is -0.761. The van der Waals surface area contributed by atoms with Gasteiger partial charge in [0.1, 0.15) is 0 Å². The van der Waals surface area contributed by atoms with Crippen LogP contribution in [0.3, 0.4) is 0 Å². The van der Waals surface area contributed by atoms with Crippen LogP contribution in [0.2, 0.25) is 0 Å². The first kappa shape index (κ1) is 12.8. The molecule has 0 saturated heterocycles. The lowest BCUT2D eigenvalue weighted by Crippen LogP contribution is -1.88. The molecule has 0 aromatic carbocycles. The van der Waals surface area contributed by atoms with Crippen molar-refractivity contribution >= 4 is 22.1 Å². The number of hydrogen-bond acceptors (Lipinski definition) is 2. The van der Waals surface area contributed by atoms with Crippen LogP contribution < -0.4 is 0 Å². The van der Waals surface area contributed by atoms with Gasteiger partial charge in [-0.15, -0.1) is 11.3 Å². The smallest absolute Gasteiger partial charge is 0.0915 e. The topological polar surface area (TPSA) is 17.1 Å². The first-order chi connectivity index (χ1) is 6.15. The van der Waals surface area contributed by atoms with Gasteiger partial charge in [-0.05, 0) is 25.5 Å². The summed E-state index contributed by atoms with van der Waals surface area (Å²) in [5.41, 5.74) is 1.26. The Kier molecular flexibility index (Phi) is 6.25. The van der Waals surface area contributed by atoms with Crippen LogP contribution in [-0.4, -0.2) is 9.96 Å². The molecule has 1 heterocycles. The van der Waals surface area contributed by atoms with Gasteiger partial charge >= 0.3 is 0 Å². The van der Waals surface area contributed by atoms with E-state index in [9.17, 15) is 4.21 Å². The quantitative estimate of drug-likeness (QED) is 0.742. The van der Waals surface area contributed by atoms with E-state index < -0.39 is 10.8 Å². The van der Waals surface area contributed by atoms with Gasteiger partial charge in [0.05, 0.1) is 15.0 Å². The van der Waals surface area contributed by atoms with Crippen LogP contribution in [0.4, 0.5) is 0 Å². The maximum atomic E-state index is 11.3. The normalized spacial score (nSPS) is 11.8. The van der Waals surface area contributed by atoms with Crippen LogP contribution in [-0.2, 0) is 10.8 Å². The minimum absolute atomic E-state index is 0.722. The van der Waals surface area contributed by atoms with Crippen LogP contribution in [0, 0.1) is 13.8 Å². The number of hydrogen-bond donors (Lipinski definition) is 0. The molecule has 1 atom stereocenters. The van der Waals surface area contributed by atoms with Crippen molar-refractivity contribution in [1.29, 1.82) is 0 Å². The van der Waals surface area contributed by atoms with Crippen LogP contribution >= 0.6 is 11.3 Å². The summed E-state index contributed by atoms with van der Waals surface area (Å²) in [6.45, 7) is 10.1. The van der Waals surface area contributed by atoms with E-state index in [0.29, 0.717) is 0 Å². The van der Waals surface area contributed by atoms with Gasteiger partial charge in [0.25, 0.3) is 0 Å². The first-order valence-electron chi connectivity index (χ1n) is 4.60. The van der Waals surface area contributed by atoms with E-state index in [2.05, 4.69) is 13.8 Å². The molecule has 1 aromatic rings. The molecule has 1 aromatic heterocycles. The Hall–Kier alpha value is -0.150. The van der Waals surface area contributed by atoms with E-state index in [4.69, 9.17) is 0 Å². The van der Waals surface area contributed by atoms with Gasteiger partial charge in [-0.3, -0.25) is 4.21 Å². The van der Waals surface area contributed by atoms with Crippen molar-refractivity contribution in [2.45, 2.75) is 38.8 Å². The van der Waals surface area contributed by atoms with E-state index in [1.165, 1.54) is 10.4 Å². The zero-order valence-electron chi connectivity index (χ0n) is 9.01. The molecule has 0 fully saturated rings. The van der Waals surface area contributed by atoms with Crippen LogP contribution in [0.1, 0.15) is 31.2 Å². The highest BCUT2D eigenvalue weighted by Crippen LogP contribution is 2.23. The molecular formula is C10H18OS2. The van der Waals surface area contributed by atoms with Crippen molar-refractivity contribution in [3.05, 3.63) is 16.5 Å². The molecule has 0 spiro atoms. The maximum Gasteiger partial charge on any atom is 0.0915 e. The Morgan fingerprint density at radius 2 is 1.92 bits per heavy atom. The molecule has 0 aliphatic rings. The summed E-state index contributed by atoms with van der Waals surface area (Å²) in [4.78, 5) is 1.28. The zero-order chi connectivity index (χ0) is 10.4. The highest BCUT2D eigenvalue weighted by atomic mass is 32.2. The average molecular weight is 218 g/mol. The van der Waals surface area contributed by atoms with Gasteiger partial charge < -0.3 is 0 Å². The van der Waals surface area contributed by atoms with Crippen LogP contribution in [0.25, 0.3) is 0 Å². The summed E-state index contributed by atoms with van der Waals surface area (Å²) in [5, 5.41) is 0. The Labute approximate surface area is 87.6 Å². The fourth-order valence-corrected chi connectivity index (χ4v) is 3.24. The summed E-state index contributed by atoms with van der Waals surface area (Å²) >= 11 is 1.65. The van der Waals surface area contributed by atoms with Gasteiger partial charge in [-0.1, -0.05) is 20.8 Å². The molecule has 0 amide bonds. The fraction of sp³-hybridized carbons (Fsp3) is 0.600. The van der Waals surface area contributed by atoms with E-state index in [1.54, 1.807) is 11.3 Å². The second-order valence-corrected chi connectivity index (χ2v) is 5.66. The van der Waals surface area contributed by atoms with Gasteiger partial charge in [-0.25, -0.2) is 0 Å². The predicted molar refractivity (Wildman–Crippen MR) is 62.1 cm³/mol. The van der Waals surface area contributed by atoms with Crippen molar-refractivity contribution < 1.29 is 4.21 Å². The van der Waals surface area contributed by atoms with Gasteiger partial charge in [0.2, 0.25) is 0 Å². The molecule has 76 valence electrons. The highest BCUT2D eigenvalue weighted by molar-refractivity contribution is 7.87. The van der Waals surface area contributed by atoms with E-state index in [-0.39, 0.29) is 0 Å². The van der Waals surface area contributed by atoms with Crippen LogP contribution in [0.5, 0.6) is 0 Å². The number of aryl methyl sites for hydroxylation is 2. The lowest BCUT2D eigenvalue weighted by Gasteiger charge is -1.89. The fourth-order valence-electron chi connectivity index (χ4n) is 0.794. The van der Waals surface area contributed by atoms with Crippen molar-refractivity contribution in [3.63, 3.8) is 0 Å². The van der Waals surface area contributed by atoms with Crippen molar-refractivity contribution in [2.75, 3.05) is 5.75 Å². The zero-order valence-corrected chi connectivity index (χ0v) is 10.6. The summed E-state index contributed by atoms with van der Waals surface area (Å²) in [5.74, 6) is 0.722. The molecule has 0 radical (unpaired) electrons. The van der Waals surface area contributed by atoms with Gasteiger partial charge in [0.15, 0.2) is 0 Å². The molecule has 13 heavy (non-hydrogen) atoms. The first-order valence-corrected chi connectivity index (χ1v) is 6.74. The molecular weight excluding hydrogens is 200 g/mol. The summed E-state index contributed by atoms with van der Waals surface area (Å²) in [7, 11) is -0.761. The lowest BCUT2D eigenvalue weighted by molar-refractivity contribution is 0.685. The highest BCUT2D eigenvalue weighted by Gasteiger charge is 2.05. The largest absolute Gasteiger partial charge is 0.254 e. The van der Waals surface area contributed by atoms with E-state index >= 15 is 0 Å². The molecule has 3 heteroatoms. The molecule has 1 nitrogen and oxygen atoms in total. The predicted octanol–water partition coefficient (Wildman–Crippen LogP) is 3.52. The molecule has 0 bridgehead atoms. The molecule has 0 aliphatic heterocycles. The maximum absolute atomic E-state index is 11.3. The monoisotopic (exact) mass is 218 g/mol. The summed E-state index contributed by atoms with van der Waals surface area (Å²) in [6.07, 6.45) is 0. The van der Waals surface area contributed by atoms with Crippen molar-refractivity contribution in [3.8, 4) is 0 Å². The summed E-state index contributed by atoms with van der Waals surface area (Å²) < 4.78 is 12.3. The molecule has 1 rings (SSSR count). The van der Waals surface area contributed by atoms with Gasteiger partial charge in [0, 0.05) is 10.6 Å².